The SMILES string of the molecule is CCc1ccc(C(=O)NCCCCCCCl)o1. The van der Waals surface area contributed by atoms with Crippen molar-refractivity contribution in [3.8, 4) is 0 Å². The van der Waals surface area contributed by atoms with Crippen LogP contribution in [0.4, 0.5) is 0 Å². The number of halogens is 1. The molecule has 4 heteroatoms. The normalized spacial score (nSPS) is 10.5. The topological polar surface area (TPSA) is 42.2 Å². The molecular weight excluding hydrogens is 238 g/mol. The lowest BCUT2D eigenvalue weighted by Gasteiger charge is -2.02. The maximum absolute atomic E-state index is 11.6. The van der Waals surface area contributed by atoms with Gasteiger partial charge in [0.2, 0.25) is 0 Å². The second-order valence-corrected chi connectivity index (χ2v) is 4.36. The summed E-state index contributed by atoms with van der Waals surface area (Å²) >= 11 is 5.58. The molecule has 0 saturated heterocycles. The minimum Gasteiger partial charge on any atom is -0.456 e. The van der Waals surface area contributed by atoms with Crippen molar-refractivity contribution >= 4 is 17.5 Å². The molecule has 96 valence electrons. The summed E-state index contributed by atoms with van der Waals surface area (Å²) in [5.41, 5.74) is 0. The zero-order valence-electron chi connectivity index (χ0n) is 10.3. The van der Waals surface area contributed by atoms with Crippen LogP contribution < -0.4 is 5.32 Å². The molecule has 3 nitrogen and oxygen atoms in total. The molecular formula is C13H20ClNO2. The number of carbonyl (C=O) groups is 1. The molecule has 0 fully saturated rings. The first-order valence-corrected chi connectivity index (χ1v) is 6.74. The largest absolute Gasteiger partial charge is 0.456 e. The number of alkyl halides is 1. The number of unbranched alkanes of at least 4 members (excludes halogenated alkanes) is 3. The van der Waals surface area contributed by atoms with Crippen LogP contribution in [0.15, 0.2) is 16.5 Å². The fourth-order valence-electron chi connectivity index (χ4n) is 1.55. The summed E-state index contributed by atoms with van der Waals surface area (Å²) in [5.74, 6) is 1.85. The quantitative estimate of drug-likeness (QED) is 0.573. The summed E-state index contributed by atoms with van der Waals surface area (Å²) in [7, 11) is 0. The van der Waals surface area contributed by atoms with Crippen molar-refractivity contribution in [3.05, 3.63) is 23.7 Å². The summed E-state index contributed by atoms with van der Waals surface area (Å²) in [6.07, 6.45) is 5.08. The van der Waals surface area contributed by atoms with E-state index in [1.807, 2.05) is 13.0 Å². The first-order valence-electron chi connectivity index (χ1n) is 6.20. The highest BCUT2D eigenvalue weighted by Crippen LogP contribution is 2.08. The Bertz CT molecular complexity index is 336. The number of rotatable bonds is 8. The maximum Gasteiger partial charge on any atom is 0.286 e. The van der Waals surface area contributed by atoms with Gasteiger partial charge in [-0.1, -0.05) is 19.8 Å². The second-order valence-electron chi connectivity index (χ2n) is 3.98. The molecule has 0 aliphatic rings. The zero-order valence-corrected chi connectivity index (χ0v) is 11.1. The van der Waals surface area contributed by atoms with Gasteiger partial charge in [0, 0.05) is 18.8 Å². The second kappa shape index (κ2) is 8.18. The van der Waals surface area contributed by atoms with Crippen LogP contribution in [0.25, 0.3) is 0 Å². The summed E-state index contributed by atoms with van der Waals surface area (Å²) in [4.78, 5) is 11.6. The number of carbonyl (C=O) groups excluding carboxylic acids is 1. The third kappa shape index (κ3) is 5.26. The standard InChI is InChI=1S/C13H20ClNO2/c1-2-11-7-8-12(17-11)13(16)15-10-6-4-3-5-9-14/h7-8H,2-6,9-10H2,1H3,(H,15,16). The van der Waals surface area contributed by atoms with Crippen molar-refractivity contribution in [2.24, 2.45) is 0 Å². The van der Waals surface area contributed by atoms with Gasteiger partial charge in [-0.2, -0.15) is 0 Å². The summed E-state index contributed by atoms with van der Waals surface area (Å²) in [6.45, 7) is 2.70. The van der Waals surface area contributed by atoms with Gasteiger partial charge in [0.1, 0.15) is 5.76 Å². The van der Waals surface area contributed by atoms with E-state index in [1.165, 1.54) is 0 Å². The number of hydrogen-bond acceptors (Lipinski definition) is 2. The van der Waals surface area contributed by atoms with Gasteiger partial charge in [0.25, 0.3) is 5.91 Å². The van der Waals surface area contributed by atoms with Crippen LogP contribution in [0.2, 0.25) is 0 Å². The minimum absolute atomic E-state index is 0.123. The third-order valence-corrected chi connectivity index (χ3v) is 2.85. The van der Waals surface area contributed by atoms with E-state index < -0.39 is 0 Å². The van der Waals surface area contributed by atoms with E-state index in [4.69, 9.17) is 16.0 Å². The van der Waals surface area contributed by atoms with Gasteiger partial charge in [0.15, 0.2) is 5.76 Å². The molecule has 0 atom stereocenters. The van der Waals surface area contributed by atoms with E-state index in [0.29, 0.717) is 12.3 Å². The molecule has 0 aliphatic carbocycles. The van der Waals surface area contributed by atoms with Crippen molar-refractivity contribution in [2.45, 2.75) is 39.0 Å². The Morgan fingerprint density at radius 3 is 2.71 bits per heavy atom. The molecule has 1 N–H and O–H groups in total. The number of nitrogens with one attached hydrogen (secondary N) is 1. The van der Waals surface area contributed by atoms with Crippen LogP contribution in [0.1, 0.15) is 48.9 Å². The summed E-state index contributed by atoms with van der Waals surface area (Å²) in [6, 6.07) is 3.57. The Morgan fingerprint density at radius 1 is 1.29 bits per heavy atom. The molecule has 0 radical (unpaired) electrons. The van der Waals surface area contributed by atoms with Crippen molar-refractivity contribution in [2.75, 3.05) is 12.4 Å². The Kier molecular flexibility index (Phi) is 6.78. The lowest BCUT2D eigenvalue weighted by molar-refractivity contribution is 0.0923. The lowest BCUT2D eigenvalue weighted by atomic mass is 10.2. The average molecular weight is 258 g/mol. The van der Waals surface area contributed by atoms with Gasteiger partial charge >= 0.3 is 0 Å². The van der Waals surface area contributed by atoms with Gasteiger partial charge < -0.3 is 9.73 Å². The van der Waals surface area contributed by atoms with Crippen LogP contribution in [0.3, 0.4) is 0 Å². The van der Waals surface area contributed by atoms with E-state index in [9.17, 15) is 4.79 Å². The Morgan fingerprint density at radius 2 is 2.06 bits per heavy atom. The van der Waals surface area contributed by atoms with Crippen LogP contribution in [-0.2, 0) is 6.42 Å². The highest BCUT2D eigenvalue weighted by atomic mass is 35.5. The van der Waals surface area contributed by atoms with E-state index in [-0.39, 0.29) is 5.91 Å². The molecule has 1 aromatic rings. The van der Waals surface area contributed by atoms with Crippen molar-refractivity contribution < 1.29 is 9.21 Å². The number of hydrogen-bond donors (Lipinski definition) is 1. The smallest absolute Gasteiger partial charge is 0.286 e. The van der Waals surface area contributed by atoms with Crippen molar-refractivity contribution in [3.63, 3.8) is 0 Å². The van der Waals surface area contributed by atoms with E-state index >= 15 is 0 Å². The molecule has 1 heterocycles. The Labute approximate surface area is 108 Å². The van der Waals surface area contributed by atoms with E-state index in [0.717, 1.165) is 43.7 Å². The number of amides is 1. The number of aryl methyl sites for hydroxylation is 1. The molecule has 1 aromatic heterocycles. The monoisotopic (exact) mass is 257 g/mol. The van der Waals surface area contributed by atoms with Gasteiger partial charge in [-0.25, -0.2) is 0 Å². The average Bonchev–Trinajstić information content (AvgIpc) is 2.82. The van der Waals surface area contributed by atoms with Crippen LogP contribution in [0, 0.1) is 0 Å². The van der Waals surface area contributed by atoms with Gasteiger partial charge in [-0.15, -0.1) is 11.6 Å². The summed E-state index contributed by atoms with van der Waals surface area (Å²) < 4.78 is 5.36. The predicted octanol–water partition coefficient (Wildman–Crippen LogP) is 3.37. The third-order valence-electron chi connectivity index (χ3n) is 2.58. The first-order chi connectivity index (χ1) is 8.27. The van der Waals surface area contributed by atoms with Crippen LogP contribution in [-0.4, -0.2) is 18.3 Å². The fourth-order valence-corrected chi connectivity index (χ4v) is 1.74. The van der Waals surface area contributed by atoms with Crippen LogP contribution in [0.5, 0.6) is 0 Å². The minimum atomic E-state index is -0.123. The van der Waals surface area contributed by atoms with Crippen molar-refractivity contribution in [1.82, 2.24) is 5.32 Å². The molecule has 0 aromatic carbocycles. The van der Waals surface area contributed by atoms with Crippen molar-refractivity contribution in [1.29, 1.82) is 0 Å². The molecule has 0 aliphatic heterocycles. The first kappa shape index (κ1) is 14.1. The van der Waals surface area contributed by atoms with E-state index in [2.05, 4.69) is 5.32 Å². The molecule has 0 spiro atoms. The molecule has 1 amide bonds. The maximum atomic E-state index is 11.6. The summed E-state index contributed by atoms with van der Waals surface area (Å²) in [5, 5.41) is 2.85. The predicted molar refractivity (Wildman–Crippen MR) is 69.6 cm³/mol. The lowest BCUT2D eigenvalue weighted by Crippen LogP contribution is -2.23. The molecule has 1 rings (SSSR count). The number of furan rings is 1. The van der Waals surface area contributed by atoms with Crippen LogP contribution >= 0.6 is 11.6 Å². The zero-order chi connectivity index (χ0) is 12.5. The van der Waals surface area contributed by atoms with Gasteiger partial charge in [-0.3, -0.25) is 4.79 Å². The molecule has 0 bridgehead atoms. The van der Waals surface area contributed by atoms with E-state index in [1.54, 1.807) is 6.07 Å². The Balaban J connectivity index is 2.16. The van der Waals surface area contributed by atoms with Gasteiger partial charge in [-0.05, 0) is 25.0 Å². The van der Waals surface area contributed by atoms with Gasteiger partial charge in [0.05, 0.1) is 0 Å². The molecule has 0 saturated carbocycles. The highest BCUT2D eigenvalue weighted by molar-refractivity contribution is 6.17. The molecule has 17 heavy (non-hydrogen) atoms. The fraction of sp³-hybridized carbons (Fsp3) is 0.615. The highest BCUT2D eigenvalue weighted by Gasteiger charge is 2.09. The Hall–Kier alpha value is -0.960. The molecule has 0 unspecified atom stereocenters.